The van der Waals surface area contributed by atoms with E-state index in [2.05, 4.69) is 0 Å². The SMILES string of the molecule is CC(=O)O[C@H]1[C@@H]2OC(C)(C)O[C@@H]2[C@H]2CO[C@]1(COC(c1ccccc1)(c1ccccc1)c1ccccc1)O2. The van der Waals surface area contributed by atoms with Crippen LogP contribution in [0.15, 0.2) is 91.0 Å². The topological polar surface area (TPSA) is 72.5 Å². The number of fused-ring (bicyclic) bond motifs is 4. The number of esters is 1. The second kappa shape index (κ2) is 9.59. The molecule has 3 aliphatic rings. The lowest BCUT2D eigenvalue weighted by atomic mass is 9.80. The summed E-state index contributed by atoms with van der Waals surface area (Å²) in [6.45, 7) is 5.32. The normalized spacial score (nSPS) is 29.6. The van der Waals surface area contributed by atoms with Crippen LogP contribution in [-0.4, -0.2) is 55.2 Å². The Bertz CT molecular complexity index is 1170. The Kier molecular flexibility index (Phi) is 6.37. The molecule has 0 saturated carbocycles. The molecule has 3 heterocycles. The molecule has 0 unspecified atom stereocenters. The van der Waals surface area contributed by atoms with Gasteiger partial charge in [-0.3, -0.25) is 4.79 Å². The number of carbonyl (C=O) groups excluding carboxylic acids is 1. The van der Waals surface area contributed by atoms with Crippen LogP contribution in [0, 0.1) is 0 Å². The van der Waals surface area contributed by atoms with Crippen molar-refractivity contribution >= 4 is 5.97 Å². The Labute approximate surface area is 222 Å². The van der Waals surface area contributed by atoms with E-state index in [-0.39, 0.29) is 19.3 Å². The highest BCUT2D eigenvalue weighted by atomic mass is 16.8. The summed E-state index contributed by atoms with van der Waals surface area (Å²) in [6.07, 6.45) is -2.24. The van der Waals surface area contributed by atoms with Gasteiger partial charge in [-0.2, -0.15) is 0 Å². The van der Waals surface area contributed by atoms with Gasteiger partial charge in [0.05, 0.1) is 6.61 Å². The van der Waals surface area contributed by atoms with E-state index < -0.39 is 41.5 Å². The van der Waals surface area contributed by atoms with Crippen LogP contribution in [0.4, 0.5) is 0 Å². The lowest BCUT2D eigenvalue weighted by Gasteiger charge is -2.44. The number of carbonyl (C=O) groups is 1. The smallest absolute Gasteiger partial charge is 0.303 e. The minimum Gasteiger partial charge on any atom is -0.454 e. The first-order valence-corrected chi connectivity index (χ1v) is 13.0. The molecule has 198 valence electrons. The summed E-state index contributed by atoms with van der Waals surface area (Å²) in [7, 11) is 0. The summed E-state index contributed by atoms with van der Waals surface area (Å²) in [5.41, 5.74) is 1.85. The zero-order valence-corrected chi connectivity index (χ0v) is 21.7. The van der Waals surface area contributed by atoms with Crippen molar-refractivity contribution in [1.82, 2.24) is 0 Å². The first-order chi connectivity index (χ1) is 18.3. The van der Waals surface area contributed by atoms with Gasteiger partial charge in [-0.15, -0.1) is 0 Å². The third-order valence-electron chi connectivity index (χ3n) is 7.43. The van der Waals surface area contributed by atoms with Crippen molar-refractivity contribution in [3.8, 4) is 0 Å². The average molecular weight is 517 g/mol. The van der Waals surface area contributed by atoms with Gasteiger partial charge in [-0.05, 0) is 30.5 Å². The molecule has 0 amide bonds. The first-order valence-electron chi connectivity index (χ1n) is 13.0. The summed E-state index contributed by atoms with van der Waals surface area (Å²) in [6, 6.07) is 30.2. The van der Waals surface area contributed by atoms with E-state index in [1.165, 1.54) is 6.92 Å². The quantitative estimate of drug-likeness (QED) is 0.336. The summed E-state index contributed by atoms with van der Waals surface area (Å²) >= 11 is 0. The molecule has 0 aromatic heterocycles. The standard InChI is InChI=1S/C31H32O7/c1-21(32)35-28-27-26(37-29(2,3)38-27)25-19-33-30(28,36-25)20-34-31(22-13-7-4-8-14-22,23-15-9-5-10-16-23)24-17-11-6-12-18-24/h4-18,25-28H,19-20H2,1-3H3/t25-,26-,27-,28+,30-/m1/s1. The van der Waals surface area contributed by atoms with Gasteiger partial charge in [-0.1, -0.05) is 91.0 Å². The van der Waals surface area contributed by atoms with Crippen LogP contribution >= 0.6 is 0 Å². The molecule has 0 radical (unpaired) electrons. The summed E-state index contributed by atoms with van der Waals surface area (Å²) in [5.74, 6) is -2.67. The summed E-state index contributed by atoms with van der Waals surface area (Å²) < 4.78 is 38.0. The minimum atomic E-state index is -1.37. The molecule has 6 rings (SSSR count). The maximum atomic E-state index is 12.3. The highest BCUT2D eigenvalue weighted by molar-refractivity contribution is 5.66. The lowest BCUT2D eigenvalue weighted by Crippen LogP contribution is -2.63. The van der Waals surface area contributed by atoms with Crippen LogP contribution in [0.2, 0.25) is 0 Å². The van der Waals surface area contributed by atoms with E-state index in [1.807, 2.05) is 105 Å². The van der Waals surface area contributed by atoms with Crippen molar-refractivity contribution in [2.24, 2.45) is 0 Å². The van der Waals surface area contributed by atoms with E-state index in [0.717, 1.165) is 16.7 Å². The van der Waals surface area contributed by atoms with Crippen molar-refractivity contribution in [2.75, 3.05) is 13.2 Å². The number of benzene rings is 3. The van der Waals surface area contributed by atoms with Crippen molar-refractivity contribution in [2.45, 2.75) is 62.4 Å². The maximum Gasteiger partial charge on any atom is 0.303 e. The molecular formula is C31H32O7. The van der Waals surface area contributed by atoms with Gasteiger partial charge in [0.25, 0.3) is 0 Å². The number of hydrogen-bond acceptors (Lipinski definition) is 7. The molecule has 7 nitrogen and oxygen atoms in total. The molecule has 38 heavy (non-hydrogen) atoms. The molecule has 3 aromatic carbocycles. The van der Waals surface area contributed by atoms with Gasteiger partial charge >= 0.3 is 5.97 Å². The van der Waals surface area contributed by atoms with Gasteiger partial charge in [0.2, 0.25) is 5.79 Å². The van der Waals surface area contributed by atoms with Crippen LogP contribution in [0.3, 0.4) is 0 Å². The fourth-order valence-corrected chi connectivity index (χ4v) is 5.92. The summed E-state index contributed by atoms with van der Waals surface area (Å²) in [5, 5.41) is 0. The molecule has 2 bridgehead atoms. The van der Waals surface area contributed by atoms with E-state index in [9.17, 15) is 4.79 Å². The van der Waals surface area contributed by atoms with Gasteiger partial charge in [0.1, 0.15) is 30.5 Å². The summed E-state index contributed by atoms with van der Waals surface area (Å²) in [4.78, 5) is 12.3. The largest absolute Gasteiger partial charge is 0.454 e. The average Bonchev–Trinajstić information content (AvgIpc) is 3.48. The van der Waals surface area contributed by atoms with Gasteiger partial charge in [0, 0.05) is 6.92 Å². The third kappa shape index (κ3) is 4.25. The van der Waals surface area contributed by atoms with E-state index >= 15 is 0 Å². The van der Waals surface area contributed by atoms with E-state index in [0.29, 0.717) is 0 Å². The molecule has 3 aliphatic heterocycles. The van der Waals surface area contributed by atoms with Crippen molar-refractivity contribution in [3.63, 3.8) is 0 Å². The molecule has 3 saturated heterocycles. The van der Waals surface area contributed by atoms with Crippen LogP contribution in [0.25, 0.3) is 0 Å². The predicted octanol–water partition coefficient (Wildman–Crippen LogP) is 4.57. The zero-order chi connectivity index (χ0) is 26.4. The van der Waals surface area contributed by atoms with Gasteiger partial charge in [-0.25, -0.2) is 0 Å². The van der Waals surface area contributed by atoms with Crippen molar-refractivity contribution < 1.29 is 33.2 Å². The van der Waals surface area contributed by atoms with Crippen molar-refractivity contribution in [1.29, 1.82) is 0 Å². The first kappa shape index (κ1) is 25.2. The fraction of sp³-hybridized carbons (Fsp3) is 0.387. The Morgan fingerprint density at radius 2 is 1.32 bits per heavy atom. The molecule has 0 N–H and O–H groups in total. The monoisotopic (exact) mass is 516 g/mol. The van der Waals surface area contributed by atoms with Gasteiger partial charge < -0.3 is 28.4 Å². The predicted molar refractivity (Wildman–Crippen MR) is 138 cm³/mol. The molecule has 3 fully saturated rings. The zero-order valence-electron chi connectivity index (χ0n) is 21.7. The molecule has 0 aliphatic carbocycles. The molecule has 3 aromatic rings. The fourth-order valence-electron chi connectivity index (χ4n) is 5.92. The highest BCUT2D eigenvalue weighted by Crippen LogP contribution is 2.49. The third-order valence-corrected chi connectivity index (χ3v) is 7.43. The van der Waals surface area contributed by atoms with E-state index in [4.69, 9.17) is 28.4 Å². The Balaban J connectivity index is 1.44. The second-order valence-electron chi connectivity index (χ2n) is 10.4. The molecule has 7 heteroatoms. The number of hydrogen-bond donors (Lipinski definition) is 0. The van der Waals surface area contributed by atoms with Crippen molar-refractivity contribution in [3.05, 3.63) is 108 Å². The molecular weight excluding hydrogens is 484 g/mol. The van der Waals surface area contributed by atoms with Crippen LogP contribution in [0.5, 0.6) is 0 Å². The van der Waals surface area contributed by atoms with E-state index in [1.54, 1.807) is 0 Å². The second-order valence-corrected chi connectivity index (χ2v) is 10.4. The Morgan fingerprint density at radius 1 is 0.816 bits per heavy atom. The van der Waals surface area contributed by atoms with Crippen LogP contribution < -0.4 is 0 Å². The van der Waals surface area contributed by atoms with Crippen LogP contribution in [0.1, 0.15) is 37.5 Å². The maximum absolute atomic E-state index is 12.3. The molecule has 0 spiro atoms. The van der Waals surface area contributed by atoms with Crippen LogP contribution in [-0.2, 0) is 38.8 Å². The Hall–Kier alpha value is -3.07. The minimum absolute atomic E-state index is 0.0207. The lowest BCUT2D eigenvalue weighted by molar-refractivity contribution is -0.306. The number of rotatable bonds is 7. The van der Waals surface area contributed by atoms with Gasteiger partial charge in [0.15, 0.2) is 11.9 Å². The number of ether oxygens (including phenoxy) is 6. The highest BCUT2D eigenvalue weighted by Gasteiger charge is 2.67. The Morgan fingerprint density at radius 3 is 1.82 bits per heavy atom. The molecule has 5 atom stereocenters.